The summed E-state index contributed by atoms with van der Waals surface area (Å²) in [5.74, 6) is -1.51. The standard InChI is InChI=1S/C30H32F2N6O2/c1-21-28(36-16-14-35(15-17-36)18-23-10-5-6-13-34-23)29(39)38(20-27(33)22-8-3-2-4-9-22)30(40)37(21)19-24-25(31)11-7-12-26(24)32/h2-13,27H,14-20,33H2,1H3/t27-/m0/s1. The van der Waals surface area contributed by atoms with E-state index in [-0.39, 0.29) is 18.7 Å². The smallest absolute Gasteiger partial charge is 0.331 e. The number of piperazine rings is 1. The largest absolute Gasteiger partial charge is 0.363 e. The quantitative estimate of drug-likeness (QED) is 0.366. The highest BCUT2D eigenvalue weighted by Gasteiger charge is 2.26. The normalized spacial score (nSPS) is 14.8. The fraction of sp³-hybridized carbons (Fsp3) is 0.300. The lowest BCUT2D eigenvalue weighted by Crippen LogP contribution is -2.51. The molecule has 1 fully saturated rings. The number of aromatic nitrogens is 3. The molecule has 0 amide bonds. The zero-order valence-electron chi connectivity index (χ0n) is 22.3. The second kappa shape index (κ2) is 11.9. The maximum Gasteiger partial charge on any atom is 0.331 e. The van der Waals surface area contributed by atoms with Crippen LogP contribution in [0.1, 0.15) is 28.6 Å². The van der Waals surface area contributed by atoms with Gasteiger partial charge in [-0.3, -0.25) is 23.8 Å². The van der Waals surface area contributed by atoms with Crippen molar-refractivity contribution in [1.29, 1.82) is 0 Å². The number of halogens is 2. The van der Waals surface area contributed by atoms with Crippen molar-refractivity contribution < 1.29 is 8.78 Å². The van der Waals surface area contributed by atoms with E-state index in [1.165, 1.54) is 10.6 Å². The number of hydrogen-bond donors (Lipinski definition) is 1. The summed E-state index contributed by atoms with van der Waals surface area (Å²) in [6.07, 6.45) is 1.76. The van der Waals surface area contributed by atoms with Gasteiger partial charge in [0.1, 0.15) is 17.3 Å². The number of rotatable bonds is 8. The minimum Gasteiger partial charge on any atom is -0.363 e. The first-order chi connectivity index (χ1) is 19.3. The van der Waals surface area contributed by atoms with Crippen LogP contribution in [-0.2, 0) is 19.6 Å². The number of pyridine rings is 1. The molecule has 5 rings (SSSR count). The molecule has 2 aromatic heterocycles. The van der Waals surface area contributed by atoms with Crippen LogP contribution in [0, 0.1) is 18.6 Å². The van der Waals surface area contributed by atoms with E-state index in [0.717, 1.165) is 28.0 Å². The number of anilines is 1. The molecule has 0 saturated carbocycles. The fourth-order valence-corrected chi connectivity index (χ4v) is 5.19. The van der Waals surface area contributed by atoms with Crippen molar-refractivity contribution in [2.45, 2.75) is 32.6 Å². The van der Waals surface area contributed by atoms with Gasteiger partial charge in [-0.2, -0.15) is 0 Å². The topological polar surface area (TPSA) is 89.4 Å². The Hall–Kier alpha value is -4.15. The Balaban J connectivity index is 1.51. The molecule has 2 aromatic carbocycles. The third-order valence-electron chi connectivity index (χ3n) is 7.44. The molecule has 1 atom stereocenters. The lowest BCUT2D eigenvalue weighted by Gasteiger charge is -2.36. The molecule has 3 heterocycles. The maximum absolute atomic E-state index is 14.6. The van der Waals surface area contributed by atoms with Gasteiger partial charge in [-0.05, 0) is 36.8 Å². The molecule has 0 bridgehead atoms. The molecule has 40 heavy (non-hydrogen) atoms. The second-order valence-electron chi connectivity index (χ2n) is 10.0. The van der Waals surface area contributed by atoms with Gasteiger partial charge in [0.15, 0.2) is 0 Å². The Kier molecular flexibility index (Phi) is 8.18. The third kappa shape index (κ3) is 5.73. The molecule has 1 aliphatic heterocycles. The summed E-state index contributed by atoms with van der Waals surface area (Å²) in [6, 6.07) is 18.0. The van der Waals surface area contributed by atoms with Crippen LogP contribution in [0.3, 0.4) is 0 Å². The molecule has 2 N–H and O–H groups in total. The molecule has 4 aromatic rings. The highest BCUT2D eigenvalue weighted by Crippen LogP contribution is 2.20. The average Bonchev–Trinajstić information content (AvgIpc) is 2.96. The van der Waals surface area contributed by atoms with Crippen LogP contribution in [0.4, 0.5) is 14.5 Å². The zero-order valence-corrected chi connectivity index (χ0v) is 22.3. The predicted octanol–water partition coefficient (Wildman–Crippen LogP) is 3.06. The lowest BCUT2D eigenvalue weighted by atomic mass is 10.1. The average molecular weight is 547 g/mol. The van der Waals surface area contributed by atoms with Gasteiger partial charge in [-0.15, -0.1) is 0 Å². The van der Waals surface area contributed by atoms with Gasteiger partial charge in [0.25, 0.3) is 5.56 Å². The van der Waals surface area contributed by atoms with Gasteiger partial charge in [0.2, 0.25) is 0 Å². The molecule has 1 aliphatic rings. The number of nitrogens with zero attached hydrogens (tertiary/aromatic N) is 5. The number of nitrogens with two attached hydrogens (primary N) is 1. The number of benzene rings is 2. The van der Waals surface area contributed by atoms with Crippen molar-refractivity contribution in [3.8, 4) is 0 Å². The summed E-state index contributed by atoms with van der Waals surface area (Å²) in [6.45, 7) is 4.36. The van der Waals surface area contributed by atoms with Crippen molar-refractivity contribution in [3.05, 3.63) is 128 Å². The lowest BCUT2D eigenvalue weighted by molar-refractivity contribution is 0.246. The van der Waals surface area contributed by atoms with Crippen LogP contribution in [0.5, 0.6) is 0 Å². The molecule has 0 spiro atoms. The van der Waals surface area contributed by atoms with Gasteiger partial charge < -0.3 is 10.6 Å². The maximum atomic E-state index is 14.6. The highest BCUT2D eigenvalue weighted by molar-refractivity contribution is 5.49. The molecular formula is C30H32F2N6O2. The molecular weight excluding hydrogens is 514 g/mol. The molecule has 1 saturated heterocycles. The van der Waals surface area contributed by atoms with Crippen molar-refractivity contribution >= 4 is 5.69 Å². The fourth-order valence-electron chi connectivity index (χ4n) is 5.19. The second-order valence-corrected chi connectivity index (χ2v) is 10.0. The van der Waals surface area contributed by atoms with Gasteiger partial charge >= 0.3 is 5.69 Å². The van der Waals surface area contributed by atoms with Gasteiger partial charge in [-0.1, -0.05) is 42.5 Å². The van der Waals surface area contributed by atoms with Crippen LogP contribution >= 0.6 is 0 Å². The van der Waals surface area contributed by atoms with Crippen molar-refractivity contribution in [2.75, 3.05) is 31.1 Å². The summed E-state index contributed by atoms with van der Waals surface area (Å²) >= 11 is 0. The van der Waals surface area contributed by atoms with E-state index in [1.807, 2.05) is 53.4 Å². The van der Waals surface area contributed by atoms with Crippen LogP contribution in [0.15, 0.2) is 82.5 Å². The summed E-state index contributed by atoms with van der Waals surface area (Å²) in [5, 5.41) is 0. The van der Waals surface area contributed by atoms with E-state index in [4.69, 9.17) is 5.73 Å². The summed E-state index contributed by atoms with van der Waals surface area (Å²) in [4.78, 5) is 36.2. The first-order valence-electron chi connectivity index (χ1n) is 13.3. The minimum atomic E-state index is -0.755. The van der Waals surface area contributed by atoms with Crippen LogP contribution in [0.25, 0.3) is 0 Å². The minimum absolute atomic E-state index is 0.0750. The van der Waals surface area contributed by atoms with E-state index in [9.17, 15) is 18.4 Å². The Labute approximate surface area is 230 Å². The van der Waals surface area contributed by atoms with E-state index < -0.39 is 28.9 Å². The van der Waals surface area contributed by atoms with E-state index in [1.54, 1.807) is 13.1 Å². The summed E-state index contributed by atoms with van der Waals surface area (Å²) in [7, 11) is 0. The SMILES string of the molecule is Cc1c(N2CCN(Cc3ccccn3)CC2)c(=O)n(C[C@H](N)c2ccccc2)c(=O)n1Cc1c(F)cccc1F. The molecule has 0 unspecified atom stereocenters. The molecule has 0 aliphatic carbocycles. The van der Waals surface area contributed by atoms with Crippen molar-refractivity contribution in [3.63, 3.8) is 0 Å². The van der Waals surface area contributed by atoms with Crippen molar-refractivity contribution in [2.24, 2.45) is 5.73 Å². The monoisotopic (exact) mass is 546 g/mol. The third-order valence-corrected chi connectivity index (χ3v) is 7.44. The van der Waals surface area contributed by atoms with Crippen LogP contribution < -0.4 is 21.9 Å². The van der Waals surface area contributed by atoms with Crippen molar-refractivity contribution in [1.82, 2.24) is 19.0 Å². The Morgan fingerprint density at radius 3 is 2.17 bits per heavy atom. The Bertz CT molecular complexity index is 1560. The van der Waals surface area contributed by atoms with E-state index in [0.29, 0.717) is 44.1 Å². The van der Waals surface area contributed by atoms with Gasteiger partial charge in [0.05, 0.1) is 18.8 Å². The Morgan fingerprint density at radius 2 is 1.52 bits per heavy atom. The van der Waals surface area contributed by atoms with Crippen LogP contribution in [-0.4, -0.2) is 45.2 Å². The summed E-state index contributed by atoms with van der Waals surface area (Å²) < 4.78 is 31.6. The predicted molar refractivity (Wildman–Crippen MR) is 150 cm³/mol. The van der Waals surface area contributed by atoms with Gasteiger partial charge in [-0.25, -0.2) is 13.6 Å². The van der Waals surface area contributed by atoms with Gasteiger partial charge in [0, 0.05) is 56.2 Å². The number of hydrogen-bond acceptors (Lipinski definition) is 6. The highest BCUT2D eigenvalue weighted by atomic mass is 19.1. The molecule has 8 nitrogen and oxygen atoms in total. The first-order valence-corrected chi connectivity index (χ1v) is 13.3. The first kappa shape index (κ1) is 27.4. The molecule has 10 heteroatoms. The zero-order chi connectivity index (χ0) is 28.2. The molecule has 0 radical (unpaired) electrons. The van der Waals surface area contributed by atoms with Crippen LogP contribution in [0.2, 0.25) is 0 Å². The Morgan fingerprint density at radius 1 is 0.850 bits per heavy atom. The van der Waals surface area contributed by atoms with E-state index in [2.05, 4.69) is 9.88 Å². The molecule has 208 valence electrons. The summed E-state index contributed by atoms with van der Waals surface area (Å²) in [5.41, 5.74) is 7.50. The van der Waals surface area contributed by atoms with E-state index >= 15 is 0 Å².